The summed E-state index contributed by atoms with van der Waals surface area (Å²) in [6.07, 6.45) is 2.63. The van der Waals surface area contributed by atoms with Gasteiger partial charge in [0.05, 0.1) is 13.2 Å². The van der Waals surface area contributed by atoms with E-state index < -0.39 is 18.1 Å². The lowest BCUT2D eigenvalue weighted by molar-refractivity contribution is -0.162. The zero-order chi connectivity index (χ0) is 18.2. The van der Waals surface area contributed by atoms with Crippen LogP contribution >= 0.6 is 0 Å². The number of benzene rings is 1. The molecule has 2 unspecified atom stereocenters. The highest BCUT2D eigenvalue weighted by molar-refractivity contribution is 5.86. The minimum atomic E-state index is -0.783. The van der Waals surface area contributed by atoms with Crippen molar-refractivity contribution in [2.45, 2.75) is 18.6 Å². The van der Waals surface area contributed by atoms with E-state index in [0.29, 0.717) is 13.0 Å². The zero-order valence-corrected chi connectivity index (χ0v) is 14.3. The molecule has 0 radical (unpaired) electrons. The number of nitrogens with zero attached hydrogens (tertiary/aromatic N) is 1. The second-order valence-electron chi connectivity index (χ2n) is 5.60. The van der Waals surface area contributed by atoms with Crippen LogP contribution in [0.15, 0.2) is 42.5 Å². The van der Waals surface area contributed by atoms with Gasteiger partial charge in [0, 0.05) is 19.7 Å². The number of amides is 2. The Morgan fingerprint density at radius 3 is 2.76 bits per heavy atom. The van der Waals surface area contributed by atoms with Crippen LogP contribution in [0.2, 0.25) is 0 Å². The highest BCUT2D eigenvalue weighted by atomic mass is 16.5. The molecule has 2 rings (SSSR count). The van der Waals surface area contributed by atoms with Crippen molar-refractivity contribution in [1.29, 1.82) is 0 Å². The number of hydrogen-bond acceptors (Lipinski definition) is 5. The molecule has 1 aromatic carbocycles. The predicted molar refractivity (Wildman–Crippen MR) is 90.5 cm³/mol. The first-order valence-electron chi connectivity index (χ1n) is 7.99. The largest absolute Gasteiger partial charge is 0.466 e. The van der Waals surface area contributed by atoms with E-state index >= 15 is 0 Å². The molecule has 0 saturated carbocycles. The van der Waals surface area contributed by atoms with Crippen LogP contribution in [-0.2, 0) is 23.9 Å². The second-order valence-corrected chi connectivity index (χ2v) is 5.60. The van der Waals surface area contributed by atoms with Crippen LogP contribution in [0, 0.1) is 0 Å². The second kappa shape index (κ2) is 8.98. The molecule has 1 aliphatic rings. The third-order valence-corrected chi connectivity index (χ3v) is 3.95. The van der Waals surface area contributed by atoms with Gasteiger partial charge in [-0.2, -0.15) is 0 Å². The standard InChI is InChI=1S/C18H22N2O5/c1-20-14(21)12-25-17(16(20)13-8-4-3-5-9-13)18(23)19-11-7-6-10-15(22)24-2/h3-6,8-10,16-17H,7,11-12H2,1-2H3,(H,19,23)/b10-6+. The number of ether oxygens (including phenoxy) is 2. The minimum Gasteiger partial charge on any atom is -0.466 e. The summed E-state index contributed by atoms with van der Waals surface area (Å²) in [7, 11) is 2.97. The first kappa shape index (κ1) is 18.7. The lowest BCUT2D eigenvalue weighted by Crippen LogP contribution is -2.53. The number of likely N-dealkylation sites (N-methyl/N-ethyl adjacent to an activating group) is 1. The zero-order valence-electron chi connectivity index (χ0n) is 14.3. The van der Waals surface area contributed by atoms with E-state index in [1.807, 2.05) is 30.3 Å². The van der Waals surface area contributed by atoms with Gasteiger partial charge >= 0.3 is 5.97 Å². The molecule has 0 aliphatic carbocycles. The van der Waals surface area contributed by atoms with Gasteiger partial charge < -0.3 is 19.7 Å². The minimum absolute atomic E-state index is 0.125. The fourth-order valence-electron chi connectivity index (χ4n) is 2.61. The number of morpholine rings is 1. The molecule has 0 aromatic heterocycles. The van der Waals surface area contributed by atoms with Gasteiger partial charge in [-0.05, 0) is 12.0 Å². The Bertz CT molecular complexity index is 644. The van der Waals surface area contributed by atoms with Crippen LogP contribution in [0.3, 0.4) is 0 Å². The van der Waals surface area contributed by atoms with E-state index in [0.717, 1.165) is 5.56 Å². The van der Waals surface area contributed by atoms with Crippen molar-refractivity contribution in [3.63, 3.8) is 0 Å². The van der Waals surface area contributed by atoms with Crippen molar-refractivity contribution in [2.75, 3.05) is 27.3 Å². The van der Waals surface area contributed by atoms with E-state index in [4.69, 9.17) is 4.74 Å². The average Bonchev–Trinajstić information content (AvgIpc) is 2.63. The molecule has 2 amide bonds. The van der Waals surface area contributed by atoms with Crippen molar-refractivity contribution >= 4 is 17.8 Å². The van der Waals surface area contributed by atoms with Crippen molar-refractivity contribution in [2.24, 2.45) is 0 Å². The van der Waals surface area contributed by atoms with Crippen molar-refractivity contribution in [1.82, 2.24) is 10.2 Å². The first-order valence-corrected chi connectivity index (χ1v) is 7.99. The monoisotopic (exact) mass is 346 g/mol. The Balaban J connectivity index is 2.00. The molecular weight excluding hydrogens is 324 g/mol. The van der Waals surface area contributed by atoms with Crippen LogP contribution in [0.1, 0.15) is 18.0 Å². The number of carbonyl (C=O) groups excluding carboxylic acids is 3. The molecule has 134 valence electrons. The normalized spacial score (nSPS) is 20.6. The van der Waals surface area contributed by atoms with Crippen LogP contribution < -0.4 is 5.32 Å². The van der Waals surface area contributed by atoms with E-state index in [1.54, 1.807) is 18.0 Å². The molecule has 25 heavy (non-hydrogen) atoms. The van der Waals surface area contributed by atoms with Gasteiger partial charge in [0.15, 0.2) is 6.10 Å². The Labute approximate surface area is 146 Å². The maximum atomic E-state index is 12.5. The van der Waals surface area contributed by atoms with Gasteiger partial charge in [-0.1, -0.05) is 36.4 Å². The number of methoxy groups -OCH3 is 1. The fraction of sp³-hybridized carbons (Fsp3) is 0.389. The van der Waals surface area contributed by atoms with Gasteiger partial charge in [0.1, 0.15) is 6.61 Å². The lowest BCUT2D eigenvalue weighted by Gasteiger charge is -2.38. The van der Waals surface area contributed by atoms with E-state index in [-0.39, 0.29) is 18.4 Å². The predicted octanol–water partition coefficient (Wildman–Crippen LogP) is 0.820. The van der Waals surface area contributed by atoms with Crippen LogP contribution in [0.5, 0.6) is 0 Å². The van der Waals surface area contributed by atoms with Crippen LogP contribution in [0.4, 0.5) is 0 Å². The fourth-order valence-corrected chi connectivity index (χ4v) is 2.61. The summed E-state index contributed by atoms with van der Waals surface area (Å²) in [4.78, 5) is 37.0. The summed E-state index contributed by atoms with van der Waals surface area (Å²) < 4.78 is 9.99. The number of rotatable bonds is 6. The molecule has 1 aromatic rings. The maximum absolute atomic E-state index is 12.5. The molecule has 1 aliphatic heterocycles. The Morgan fingerprint density at radius 2 is 2.08 bits per heavy atom. The highest BCUT2D eigenvalue weighted by Gasteiger charge is 2.39. The first-order chi connectivity index (χ1) is 12.0. The number of nitrogens with one attached hydrogen (secondary N) is 1. The molecule has 1 saturated heterocycles. The summed E-state index contributed by atoms with van der Waals surface area (Å²) in [5.41, 5.74) is 0.837. The number of esters is 1. The third-order valence-electron chi connectivity index (χ3n) is 3.95. The number of hydrogen-bond donors (Lipinski definition) is 1. The molecule has 7 nitrogen and oxygen atoms in total. The molecule has 7 heteroatoms. The molecule has 1 heterocycles. The molecule has 2 atom stereocenters. The van der Waals surface area contributed by atoms with Gasteiger partial charge in [-0.15, -0.1) is 0 Å². The van der Waals surface area contributed by atoms with Crippen molar-refractivity contribution in [3.05, 3.63) is 48.0 Å². The summed E-state index contributed by atoms with van der Waals surface area (Å²) in [5.74, 6) is -0.898. The molecular formula is C18H22N2O5. The maximum Gasteiger partial charge on any atom is 0.330 e. The smallest absolute Gasteiger partial charge is 0.330 e. The van der Waals surface area contributed by atoms with Crippen LogP contribution in [-0.4, -0.2) is 56.1 Å². The topological polar surface area (TPSA) is 84.9 Å². The van der Waals surface area contributed by atoms with Gasteiger partial charge in [-0.25, -0.2) is 4.79 Å². The van der Waals surface area contributed by atoms with E-state index in [9.17, 15) is 14.4 Å². The molecule has 1 fully saturated rings. The molecule has 0 spiro atoms. The van der Waals surface area contributed by atoms with Crippen LogP contribution in [0.25, 0.3) is 0 Å². The Morgan fingerprint density at radius 1 is 1.36 bits per heavy atom. The highest BCUT2D eigenvalue weighted by Crippen LogP contribution is 2.28. The summed E-state index contributed by atoms with van der Waals surface area (Å²) in [6, 6.07) is 8.83. The Kier molecular flexibility index (Phi) is 6.71. The molecule has 0 bridgehead atoms. The van der Waals surface area contributed by atoms with Crippen molar-refractivity contribution in [3.8, 4) is 0 Å². The Hall–Kier alpha value is -2.67. The third kappa shape index (κ3) is 4.90. The summed E-state index contributed by atoms with van der Waals surface area (Å²) in [5, 5.41) is 2.77. The average molecular weight is 346 g/mol. The van der Waals surface area contributed by atoms with E-state index in [1.165, 1.54) is 13.2 Å². The van der Waals surface area contributed by atoms with Gasteiger partial charge in [-0.3, -0.25) is 9.59 Å². The summed E-state index contributed by atoms with van der Waals surface area (Å²) >= 11 is 0. The van der Waals surface area contributed by atoms with Gasteiger partial charge in [0.2, 0.25) is 5.91 Å². The SMILES string of the molecule is COC(=O)/C=C/CCNC(=O)C1OCC(=O)N(C)C1c1ccccc1. The van der Waals surface area contributed by atoms with E-state index in [2.05, 4.69) is 10.1 Å². The summed E-state index contributed by atoms with van der Waals surface area (Å²) in [6.45, 7) is 0.228. The van der Waals surface area contributed by atoms with Gasteiger partial charge in [0.25, 0.3) is 5.91 Å². The van der Waals surface area contributed by atoms with Crippen molar-refractivity contribution < 1.29 is 23.9 Å². The lowest BCUT2D eigenvalue weighted by atomic mass is 9.97. The molecule has 1 N–H and O–H groups in total. The quantitative estimate of drug-likeness (QED) is 0.468. The number of carbonyl (C=O) groups is 3.